The van der Waals surface area contributed by atoms with Crippen molar-refractivity contribution in [2.24, 2.45) is 0 Å². The monoisotopic (exact) mass is 600 g/mol. The largest absolute Gasteiger partial charge is 0.299 e. The molecule has 2 aliphatic rings. The van der Waals surface area contributed by atoms with Gasteiger partial charge in [0.1, 0.15) is 0 Å². The van der Waals surface area contributed by atoms with Crippen molar-refractivity contribution in [2.75, 3.05) is 13.1 Å². The molecule has 35 heavy (non-hydrogen) atoms. The Morgan fingerprint density at radius 2 is 1.34 bits per heavy atom. The van der Waals surface area contributed by atoms with Crippen LogP contribution < -0.4 is 0 Å². The van der Waals surface area contributed by atoms with Gasteiger partial charge < -0.3 is 0 Å². The minimum atomic E-state index is 0.188. The molecular weight excluding hydrogens is 560 g/mol. The van der Waals surface area contributed by atoms with Gasteiger partial charge in [-0.15, -0.1) is 0 Å². The van der Waals surface area contributed by atoms with Gasteiger partial charge >= 0.3 is 0 Å². The third-order valence-electron chi connectivity index (χ3n) is 7.62. The van der Waals surface area contributed by atoms with Crippen LogP contribution in [0.3, 0.4) is 0 Å². The summed E-state index contributed by atoms with van der Waals surface area (Å²) in [4.78, 5) is 2.65. The normalized spacial score (nSPS) is 18.2. The number of nitriles is 1. The van der Waals surface area contributed by atoms with Crippen molar-refractivity contribution < 1.29 is 0 Å². The van der Waals surface area contributed by atoms with E-state index in [1.165, 1.54) is 96.2 Å². The number of halogens is 2. The smallest absolute Gasteiger partial charge is 0.0587 e. The lowest BCUT2D eigenvalue weighted by Gasteiger charge is -2.32. The highest BCUT2D eigenvalue weighted by Gasteiger charge is 2.39. The van der Waals surface area contributed by atoms with E-state index >= 15 is 0 Å². The SMILES string of the molecule is CC#N.CCCN(CCCc1c(C2(Br)CCCC2)cccc1C1(Br)CCCC1)Cc1ccccc1. The molecule has 2 aromatic rings. The van der Waals surface area contributed by atoms with Gasteiger partial charge in [0.05, 0.1) is 14.7 Å². The number of hydrogen-bond acceptors (Lipinski definition) is 2. The first-order chi connectivity index (χ1) is 17.0. The molecule has 0 spiro atoms. The molecule has 2 aromatic carbocycles. The fourth-order valence-corrected chi connectivity index (χ4v) is 7.88. The molecule has 2 aliphatic carbocycles. The molecule has 0 N–H and O–H groups in total. The van der Waals surface area contributed by atoms with Crippen molar-refractivity contribution in [1.82, 2.24) is 4.90 Å². The molecule has 4 heteroatoms. The minimum Gasteiger partial charge on any atom is -0.299 e. The van der Waals surface area contributed by atoms with Gasteiger partial charge in [0.25, 0.3) is 0 Å². The van der Waals surface area contributed by atoms with Gasteiger partial charge in [0.2, 0.25) is 0 Å². The summed E-state index contributed by atoms with van der Waals surface area (Å²) in [7, 11) is 0. The lowest BCUT2D eigenvalue weighted by atomic mass is 9.83. The summed E-state index contributed by atoms with van der Waals surface area (Å²) in [5.74, 6) is 0. The molecule has 2 saturated carbocycles. The van der Waals surface area contributed by atoms with Crippen LogP contribution in [0.5, 0.6) is 0 Å². The standard InChI is InChI=1S/C29H39Br2N.C2H3N/c1-2-21-32(23-24-12-4-3-5-13-24)22-11-14-25-26(28(30)17-6-7-18-28)15-10-16-27(25)29(31)19-8-9-20-29;1-2-3/h3-5,10,12-13,15-16H,2,6-9,11,14,17-23H2,1H3;1H3. The van der Waals surface area contributed by atoms with Crippen LogP contribution >= 0.6 is 31.9 Å². The van der Waals surface area contributed by atoms with E-state index in [-0.39, 0.29) is 8.65 Å². The average Bonchev–Trinajstić information content (AvgIpc) is 3.50. The van der Waals surface area contributed by atoms with Crippen LogP contribution in [0.2, 0.25) is 0 Å². The number of alkyl halides is 2. The van der Waals surface area contributed by atoms with Gasteiger partial charge in [-0.2, -0.15) is 5.26 Å². The molecule has 0 amide bonds. The average molecular weight is 602 g/mol. The highest BCUT2D eigenvalue weighted by molar-refractivity contribution is 9.10. The summed E-state index contributed by atoms with van der Waals surface area (Å²) >= 11 is 8.46. The molecule has 2 fully saturated rings. The number of rotatable bonds is 10. The fraction of sp³-hybridized carbons (Fsp3) is 0.581. The van der Waals surface area contributed by atoms with Crippen molar-refractivity contribution >= 4 is 31.9 Å². The van der Waals surface area contributed by atoms with Crippen LogP contribution in [0.1, 0.15) is 100 Å². The zero-order valence-corrected chi connectivity index (χ0v) is 24.8. The molecule has 0 heterocycles. The van der Waals surface area contributed by atoms with Crippen molar-refractivity contribution in [2.45, 2.75) is 99.7 Å². The van der Waals surface area contributed by atoms with Crippen molar-refractivity contribution in [3.8, 4) is 6.07 Å². The minimum absolute atomic E-state index is 0.188. The maximum absolute atomic E-state index is 7.32. The first-order valence-corrected chi connectivity index (χ1v) is 15.1. The lowest BCUT2D eigenvalue weighted by molar-refractivity contribution is 0.262. The predicted octanol–water partition coefficient (Wildman–Crippen LogP) is 9.39. The highest BCUT2D eigenvalue weighted by Crippen LogP contribution is 2.52. The van der Waals surface area contributed by atoms with E-state index in [9.17, 15) is 0 Å². The first-order valence-electron chi connectivity index (χ1n) is 13.5. The summed E-state index contributed by atoms with van der Waals surface area (Å²) in [6, 6.07) is 19.9. The van der Waals surface area contributed by atoms with Crippen LogP contribution in [-0.2, 0) is 21.6 Å². The van der Waals surface area contributed by atoms with Crippen LogP contribution in [-0.4, -0.2) is 18.0 Å². The Balaban J connectivity index is 0.00000108. The maximum atomic E-state index is 7.32. The summed E-state index contributed by atoms with van der Waals surface area (Å²) in [6.45, 7) is 7.14. The predicted molar refractivity (Wildman–Crippen MR) is 156 cm³/mol. The number of nitrogens with zero attached hydrogens (tertiary/aromatic N) is 2. The Morgan fingerprint density at radius 3 is 1.83 bits per heavy atom. The molecular formula is C31H42Br2N2. The van der Waals surface area contributed by atoms with Crippen LogP contribution in [0.15, 0.2) is 48.5 Å². The Morgan fingerprint density at radius 1 is 0.829 bits per heavy atom. The molecule has 0 aromatic heterocycles. The second-order valence-electron chi connectivity index (χ2n) is 10.3. The van der Waals surface area contributed by atoms with Gasteiger partial charge in [-0.3, -0.25) is 4.90 Å². The number of hydrogen-bond donors (Lipinski definition) is 0. The molecule has 0 bridgehead atoms. The van der Waals surface area contributed by atoms with E-state index in [1.807, 2.05) is 0 Å². The third-order valence-corrected chi connectivity index (χ3v) is 10.1. The van der Waals surface area contributed by atoms with Crippen LogP contribution in [0, 0.1) is 11.3 Å². The second kappa shape index (κ2) is 14.0. The molecule has 0 saturated heterocycles. The van der Waals surface area contributed by atoms with E-state index in [0.717, 1.165) is 6.54 Å². The van der Waals surface area contributed by atoms with E-state index in [0.29, 0.717) is 0 Å². The Labute approximate surface area is 230 Å². The zero-order valence-electron chi connectivity index (χ0n) is 21.7. The topological polar surface area (TPSA) is 27.0 Å². The van der Waals surface area contributed by atoms with Crippen molar-refractivity contribution in [3.05, 3.63) is 70.8 Å². The highest BCUT2D eigenvalue weighted by atomic mass is 79.9. The quantitative estimate of drug-likeness (QED) is 0.254. The van der Waals surface area contributed by atoms with E-state index < -0.39 is 0 Å². The number of benzene rings is 2. The van der Waals surface area contributed by atoms with E-state index in [2.05, 4.69) is 92.2 Å². The molecule has 2 nitrogen and oxygen atoms in total. The summed E-state index contributed by atoms with van der Waals surface area (Å²) in [6.07, 6.45) is 14.1. The molecule has 190 valence electrons. The lowest BCUT2D eigenvalue weighted by Crippen LogP contribution is -2.27. The third kappa shape index (κ3) is 7.67. The van der Waals surface area contributed by atoms with Gasteiger partial charge in [-0.05, 0) is 80.3 Å². The van der Waals surface area contributed by atoms with E-state index in [4.69, 9.17) is 5.26 Å². The molecule has 0 aliphatic heterocycles. The summed E-state index contributed by atoms with van der Waals surface area (Å²) in [5.41, 5.74) is 6.24. The van der Waals surface area contributed by atoms with E-state index in [1.54, 1.807) is 22.8 Å². The van der Waals surface area contributed by atoms with Gasteiger partial charge in [0.15, 0.2) is 0 Å². The maximum Gasteiger partial charge on any atom is 0.0587 e. The Kier molecular flexibility index (Phi) is 11.3. The Bertz CT molecular complexity index is 898. The first kappa shape index (κ1) is 28.4. The van der Waals surface area contributed by atoms with Crippen LogP contribution in [0.4, 0.5) is 0 Å². The van der Waals surface area contributed by atoms with Gasteiger partial charge in [-0.25, -0.2) is 0 Å². The Hall–Kier alpha value is -1.15. The van der Waals surface area contributed by atoms with Crippen LogP contribution in [0.25, 0.3) is 0 Å². The second-order valence-corrected chi connectivity index (χ2v) is 13.3. The van der Waals surface area contributed by atoms with Crippen molar-refractivity contribution in [1.29, 1.82) is 5.26 Å². The summed E-state index contributed by atoms with van der Waals surface area (Å²) in [5, 5.41) is 7.32. The molecule has 0 unspecified atom stereocenters. The fourth-order valence-electron chi connectivity index (χ4n) is 6.01. The van der Waals surface area contributed by atoms with Crippen molar-refractivity contribution in [3.63, 3.8) is 0 Å². The van der Waals surface area contributed by atoms with Gasteiger partial charge in [-0.1, -0.05) is 113 Å². The zero-order chi connectivity index (χ0) is 25.2. The molecule has 4 rings (SSSR count). The van der Waals surface area contributed by atoms with Gasteiger partial charge in [0, 0.05) is 13.5 Å². The molecule has 0 atom stereocenters. The summed E-state index contributed by atoms with van der Waals surface area (Å²) < 4.78 is 0.376. The molecule has 0 radical (unpaired) electrons.